The molecule has 1 saturated heterocycles. The molecule has 1 N–H and O–H groups in total. The fourth-order valence-electron chi connectivity index (χ4n) is 3.30. The van der Waals surface area contributed by atoms with Gasteiger partial charge in [0.1, 0.15) is 0 Å². The molecule has 1 aliphatic carbocycles. The van der Waals surface area contributed by atoms with E-state index >= 15 is 0 Å². The van der Waals surface area contributed by atoms with Crippen molar-refractivity contribution in [1.82, 2.24) is 10.2 Å². The third-order valence-corrected chi connectivity index (χ3v) is 5.00. The standard InChI is InChI=1S/C16H23BrN2/c1-16(14-6-7-14)12-19(9-3-8-18-16)11-13-4-2-5-15(17)10-13/h2,4-5,10,14,18H,3,6-9,11-12H2,1H3. The summed E-state index contributed by atoms with van der Waals surface area (Å²) in [5, 5.41) is 3.80. The van der Waals surface area contributed by atoms with Gasteiger partial charge in [0.15, 0.2) is 0 Å². The van der Waals surface area contributed by atoms with Gasteiger partial charge in [-0.2, -0.15) is 0 Å². The van der Waals surface area contributed by atoms with Crippen LogP contribution in [0, 0.1) is 5.92 Å². The van der Waals surface area contributed by atoms with Crippen LogP contribution in [-0.2, 0) is 6.54 Å². The molecule has 1 saturated carbocycles. The number of rotatable bonds is 3. The van der Waals surface area contributed by atoms with Gasteiger partial charge in [-0.05, 0) is 62.9 Å². The van der Waals surface area contributed by atoms with Crippen LogP contribution in [0.2, 0.25) is 0 Å². The molecule has 19 heavy (non-hydrogen) atoms. The number of halogens is 1. The summed E-state index contributed by atoms with van der Waals surface area (Å²) >= 11 is 3.57. The van der Waals surface area contributed by atoms with Crippen LogP contribution in [0.1, 0.15) is 31.7 Å². The lowest BCUT2D eigenvalue weighted by molar-refractivity contribution is 0.195. The van der Waals surface area contributed by atoms with Crippen molar-refractivity contribution in [3.8, 4) is 0 Å². The van der Waals surface area contributed by atoms with E-state index in [9.17, 15) is 0 Å². The number of nitrogens with zero attached hydrogens (tertiary/aromatic N) is 1. The van der Waals surface area contributed by atoms with Gasteiger partial charge in [-0.15, -0.1) is 0 Å². The minimum Gasteiger partial charge on any atom is -0.310 e. The van der Waals surface area contributed by atoms with Gasteiger partial charge in [-0.1, -0.05) is 28.1 Å². The second kappa shape index (κ2) is 5.55. The van der Waals surface area contributed by atoms with Crippen LogP contribution in [0.4, 0.5) is 0 Å². The Balaban J connectivity index is 1.69. The molecule has 0 radical (unpaired) electrons. The highest BCUT2D eigenvalue weighted by Crippen LogP contribution is 2.40. The Morgan fingerprint density at radius 3 is 3.00 bits per heavy atom. The zero-order chi connectivity index (χ0) is 13.3. The maximum atomic E-state index is 3.80. The number of hydrogen-bond acceptors (Lipinski definition) is 2. The predicted octanol–water partition coefficient (Wildman–Crippen LogP) is 3.41. The third kappa shape index (κ3) is 3.39. The summed E-state index contributed by atoms with van der Waals surface area (Å²) in [5.74, 6) is 0.899. The van der Waals surface area contributed by atoms with Crippen LogP contribution in [0.25, 0.3) is 0 Å². The lowest BCUT2D eigenvalue weighted by atomic mass is 9.95. The van der Waals surface area contributed by atoms with Crippen LogP contribution >= 0.6 is 15.9 Å². The third-order valence-electron chi connectivity index (χ3n) is 4.51. The molecule has 1 atom stereocenters. The molecule has 1 aromatic carbocycles. The highest BCUT2D eigenvalue weighted by Gasteiger charge is 2.42. The minimum atomic E-state index is 0.336. The molecule has 2 fully saturated rings. The average molecular weight is 323 g/mol. The summed E-state index contributed by atoms with van der Waals surface area (Å²) in [6, 6.07) is 8.71. The first-order chi connectivity index (χ1) is 9.16. The number of benzene rings is 1. The monoisotopic (exact) mass is 322 g/mol. The second-order valence-electron chi connectivity index (χ2n) is 6.31. The fourth-order valence-corrected chi connectivity index (χ4v) is 3.75. The molecular weight excluding hydrogens is 300 g/mol. The van der Waals surface area contributed by atoms with E-state index in [1.165, 1.54) is 48.9 Å². The van der Waals surface area contributed by atoms with Crippen molar-refractivity contribution in [3.63, 3.8) is 0 Å². The zero-order valence-corrected chi connectivity index (χ0v) is 13.2. The molecule has 0 amide bonds. The molecule has 0 aromatic heterocycles. The summed E-state index contributed by atoms with van der Waals surface area (Å²) < 4.78 is 1.18. The van der Waals surface area contributed by atoms with Crippen molar-refractivity contribution in [2.24, 2.45) is 5.92 Å². The first kappa shape index (κ1) is 13.6. The maximum Gasteiger partial charge on any atom is 0.0308 e. The Bertz CT molecular complexity index is 444. The van der Waals surface area contributed by atoms with E-state index in [-0.39, 0.29) is 0 Å². The van der Waals surface area contributed by atoms with Crippen molar-refractivity contribution in [2.45, 2.75) is 38.3 Å². The molecule has 0 bridgehead atoms. The van der Waals surface area contributed by atoms with Gasteiger partial charge in [0.05, 0.1) is 0 Å². The van der Waals surface area contributed by atoms with Crippen molar-refractivity contribution in [1.29, 1.82) is 0 Å². The molecular formula is C16H23BrN2. The smallest absolute Gasteiger partial charge is 0.0308 e. The van der Waals surface area contributed by atoms with Gasteiger partial charge in [-0.25, -0.2) is 0 Å². The second-order valence-corrected chi connectivity index (χ2v) is 7.23. The normalized spacial score (nSPS) is 29.2. The molecule has 3 heteroatoms. The van der Waals surface area contributed by atoms with E-state index in [0.717, 1.165) is 12.5 Å². The number of nitrogens with one attached hydrogen (secondary N) is 1. The van der Waals surface area contributed by atoms with E-state index < -0.39 is 0 Å². The molecule has 1 aliphatic heterocycles. The molecule has 2 aliphatic rings. The first-order valence-corrected chi connectivity index (χ1v) is 8.17. The molecule has 104 valence electrons. The fraction of sp³-hybridized carbons (Fsp3) is 0.625. The average Bonchev–Trinajstić information content (AvgIpc) is 3.17. The van der Waals surface area contributed by atoms with Gasteiger partial charge in [0.2, 0.25) is 0 Å². The van der Waals surface area contributed by atoms with E-state index in [1.807, 2.05) is 0 Å². The lowest BCUT2D eigenvalue weighted by Crippen LogP contribution is -2.50. The zero-order valence-electron chi connectivity index (χ0n) is 11.7. The van der Waals surface area contributed by atoms with Crippen LogP contribution in [-0.4, -0.2) is 30.1 Å². The van der Waals surface area contributed by atoms with Gasteiger partial charge in [-0.3, -0.25) is 4.90 Å². The van der Waals surface area contributed by atoms with E-state index in [2.05, 4.69) is 57.3 Å². The Kier molecular flexibility index (Phi) is 3.97. The highest BCUT2D eigenvalue weighted by molar-refractivity contribution is 9.10. The van der Waals surface area contributed by atoms with E-state index in [0.29, 0.717) is 5.54 Å². The predicted molar refractivity (Wildman–Crippen MR) is 83.2 cm³/mol. The molecule has 3 rings (SSSR count). The Hall–Kier alpha value is -0.380. The van der Waals surface area contributed by atoms with E-state index in [4.69, 9.17) is 0 Å². The SMILES string of the molecule is CC1(C2CC2)CN(Cc2cccc(Br)c2)CCCN1. The Morgan fingerprint density at radius 2 is 2.26 bits per heavy atom. The van der Waals surface area contributed by atoms with Gasteiger partial charge < -0.3 is 5.32 Å². The molecule has 1 unspecified atom stereocenters. The van der Waals surface area contributed by atoms with Crippen molar-refractivity contribution < 1.29 is 0 Å². The molecule has 1 aromatic rings. The lowest BCUT2D eigenvalue weighted by Gasteiger charge is -2.34. The molecule has 0 spiro atoms. The first-order valence-electron chi connectivity index (χ1n) is 7.37. The van der Waals surface area contributed by atoms with Crippen LogP contribution in [0.5, 0.6) is 0 Å². The summed E-state index contributed by atoms with van der Waals surface area (Å²) in [4.78, 5) is 2.63. The molecule has 1 heterocycles. The van der Waals surface area contributed by atoms with Crippen molar-refractivity contribution in [2.75, 3.05) is 19.6 Å². The summed E-state index contributed by atoms with van der Waals surface area (Å²) in [5.41, 5.74) is 1.75. The number of hydrogen-bond donors (Lipinski definition) is 1. The van der Waals surface area contributed by atoms with Crippen molar-refractivity contribution in [3.05, 3.63) is 34.3 Å². The van der Waals surface area contributed by atoms with Crippen LogP contribution < -0.4 is 5.32 Å². The quantitative estimate of drug-likeness (QED) is 0.917. The largest absolute Gasteiger partial charge is 0.310 e. The van der Waals surface area contributed by atoms with Crippen molar-refractivity contribution >= 4 is 15.9 Å². The summed E-state index contributed by atoms with van der Waals surface area (Å²) in [7, 11) is 0. The molecule has 2 nitrogen and oxygen atoms in total. The maximum absolute atomic E-state index is 3.80. The van der Waals surface area contributed by atoms with Crippen LogP contribution in [0.3, 0.4) is 0 Å². The summed E-state index contributed by atoms with van der Waals surface area (Å²) in [6.07, 6.45) is 4.08. The Morgan fingerprint density at radius 1 is 1.42 bits per heavy atom. The topological polar surface area (TPSA) is 15.3 Å². The Labute approximate surface area is 124 Å². The van der Waals surface area contributed by atoms with Crippen LogP contribution in [0.15, 0.2) is 28.7 Å². The van der Waals surface area contributed by atoms with Gasteiger partial charge in [0.25, 0.3) is 0 Å². The van der Waals surface area contributed by atoms with E-state index in [1.54, 1.807) is 0 Å². The highest BCUT2D eigenvalue weighted by atomic mass is 79.9. The van der Waals surface area contributed by atoms with Gasteiger partial charge in [0, 0.05) is 23.1 Å². The van der Waals surface area contributed by atoms with Gasteiger partial charge >= 0.3 is 0 Å². The summed E-state index contributed by atoms with van der Waals surface area (Å²) in [6.45, 7) is 7.06. The minimum absolute atomic E-state index is 0.336.